The van der Waals surface area contributed by atoms with Crippen molar-refractivity contribution in [3.05, 3.63) is 23.8 Å². The average molecular weight is 232 g/mol. The van der Waals surface area contributed by atoms with Gasteiger partial charge in [-0.1, -0.05) is 12.1 Å². The molecule has 2 heterocycles. The number of rotatable bonds is 2. The number of carbonyl (C=O) groups is 1. The molecule has 0 spiro atoms. The maximum Gasteiger partial charge on any atom is 0.224 e. The minimum absolute atomic E-state index is 0.0582. The molecule has 1 unspecified atom stereocenters. The summed E-state index contributed by atoms with van der Waals surface area (Å²) in [4.78, 5) is 13.4. The number of hydrogen-bond donors (Lipinski definition) is 1. The first kappa shape index (κ1) is 10.2. The highest BCUT2D eigenvalue weighted by atomic mass is 16.6. The molecule has 1 fully saturated rings. The molecule has 0 saturated carbocycles. The molecule has 17 heavy (non-hydrogen) atoms. The van der Waals surface area contributed by atoms with E-state index in [0.29, 0.717) is 30.5 Å². The van der Waals surface area contributed by atoms with Crippen LogP contribution in [0, 0.1) is 0 Å². The van der Waals surface area contributed by atoms with Gasteiger partial charge < -0.3 is 10.6 Å². The molecule has 1 amide bonds. The zero-order valence-electron chi connectivity index (χ0n) is 9.17. The Labute approximate surface area is 97.3 Å². The number of carbonyl (C=O) groups excluding carboxylic acids is 1. The zero-order valence-corrected chi connectivity index (χ0v) is 9.17. The lowest BCUT2D eigenvalue weighted by Crippen LogP contribution is -2.27. The number of nitrogens with two attached hydrogens (primary N) is 1. The second-order valence-electron chi connectivity index (χ2n) is 4.29. The summed E-state index contributed by atoms with van der Waals surface area (Å²) in [7, 11) is 0. The molecule has 6 nitrogen and oxygen atoms in total. The summed E-state index contributed by atoms with van der Waals surface area (Å²) in [5.41, 5.74) is 8.11. The van der Waals surface area contributed by atoms with Crippen molar-refractivity contribution in [3.8, 4) is 0 Å². The predicted octanol–water partition coefficient (Wildman–Crippen LogP) is 0.282. The Balaban J connectivity index is 1.90. The van der Waals surface area contributed by atoms with Crippen molar-refractivity contribution in [1.29, 1.82) is 0 Å². The molecule has 3 rings (SSSR count). The van der Waals surface area contributed by atoms with Crippen LogP contribution in [0.25, 0.3) is 11.0 Å². The van der Waals surface area contributed by atoms with Gasteiger partial charge in [0.15, 0.2) is 0 Å². The second kappa shape index (κ2) is 3.81. The molecule has 2 N–H and O–H groups in total. The summed E-state index contributed by atoms with van der Waals surface area (Å²) in [5, 5.41) is 7.62. The highest BCUT2D eigenvalue weighted by Crippen LogP contribution is 2.19. The lowest BCUT2D eigenvalue weighted by molar-refractivity contribution is -0.128. The highest BCUT2D eigenvalue weighted by Gasteiger charge is 2.27. The van der Waals surface area contributed by atoms with Gasteiger partial charge in [-0.05, 0) is 16.4 Å². The standard InChI is InChI=1S/C11H12N4O2/c12-8-4-10(16)15(6-8)5-7-2-1-3-9-11(7)14-17-13-9/h1-3,8H,4-6,12H2. The minimum atomic E-state index is -0.0582. The largest absolute Gasteiger partial charge is 0.337 e. The van der Waals surface area contributed by atoms with Gasteiger partial charge in [-0.2, -0.15) is 0 Å². The maximum absolute atomic E-state index is 11.6. The molecule has 1 aromatic heterocycles. The number of amides is 1. The SMILES string of the molecule is NC1CC(=O)N(Cc2cccc3nonc23)C1. The number of likely N-dealkylation sites (tertiary alicyclic amines) is 1. The fraction of sp³-hybridized carbons (Fsp3) is 0.364. The third-order valence-electron chi connectivity index (χ3n) is 2.98. The van der Waals surface area contributed by atoms with Crippen LogP contribution in [0.15, 0.2) is 22.8 Å². The van der Waals surface area contributed by atoms with Crippen LogP contribution >= 0.6 is 0 Å². The van der Waals surface area contributed by atoms with Crippen molar-refractivity contribution < 1.29 is 9.42 Å². The van der Waals surface area contributed by atoms with Crippen molar-refractivity contribution in [2.24, 2.45) is 5.73 Å². The van der Waals surface area contributed by atoms with Crippen molar-refractivity contribution in [2.45, 2.75) is 19.0 Å². The Kier molecular flexibility index (Phi) is 2.29. The molecular formula is C11H12N4O2. The molecule has 0 radical (unpaired) electrons. The molecule has 1 aliphatic rings. The first-order chi connectivity index (χ1) is 8.24. The molecular weight excluding hydrogens is 220 g/mol. The number of nitrogens with zero attached hydrogens (tertiary/aromatic N) is 3. The van der Waals surface area contributed by atoms with Crippen LogP contribution in [0.2, 0.25) is 0 Å². The van der Waals surface area contributed by atoms with Gasteiger partial charge in [-0.15, -0.1) is 0 Å². The first-order valence-electron chi connectivity index (χ1n) is 5.47. The van der Waals surface area contributed by atoms with Gasteiger partial charge >= 0.3 is 0 Å². The van der Waals surface area contributed by atoms with Crippen molar-refractivity contribution in [2.75, 3.05) is 6.54 Å². The molecule has 88 valence electrons. The third kappa shape index (κ3) is 1.76. The number of benzene rings is 1. The fourth-order valence-electron chi connectivity index (χ4n) is 2.15. The molecule has 1 aliphatic heterocycles. The van der Waals surface area contributed by atoms with E-state index in [0.717, 1.165) is 5.56 Å². The lowest BCUT2D eigenvalue weighted by Gasteiger charge is -2.15. The quantitative estimate of drug-likeness (QED) is 0.804. The lowest BCUT2D eigenvalue weighted by atomic mass is 10.2. The van der Waals surface area contributed by atoms with Crippen LogP contribution in [0.1, 0.15) is 12.0 Å². The van der Waals surface area contributed by atoms with Gasteiger partial charge in [-0.25, -0.2) is 4.63 Å². The Morgan fingerprint density at radius 2 is 2.35 bits per heavy atom. The summed E-state index contributed by atoms with van der Waals surface area (Å²) in [5.74, 6) is 0.0888. The molecule has 2 aromatic rings. The highest BCUT2D eigenvalue weighted by molar-refractivity contribution is 5.81. The molecule has 0 bridgehead atoms. The monoisotopic (exact) mass is 232 g/mol. The summed E-state index contributed by atoms with van der Waals surface area (Å²) < 4.78 is 4.69. The van der Waals surface area contributed by atoms with E-state index in [1.54, 1.807) is 4.90 Å². The van der Waals surface area contributed by atoms with Gasteiger partial charge in [0.25, 0.3) is 0 Å². The fourth-order valence-corrected chi connectivity index (χ4v) is 2.15. The Bertz CT molecular complexity index is 565. The van der Waals surface area contributed by atoms with E-state index in [9.17, 15) is 4.79 Å². The molecule has 0 aliphatic carbocycles. The molecule has 1 saturated heterocycles. The van der Waals surface area contributed by atoms with Crippen LogP contribution < -0.4 is 5.73 Å². The van der Waals surface area contributed by atoms with Crippen molar-refractivity contribution in [1.82, 2.24) is 15.2 Å². The average Bonchev–Trinajstić information content (AvgIpc) is 2.87. The van der Waals surface area contributed by atoms with Gasteiger partial charge in [0.05, 0.1) is 0 Å². The first-order valence-corrected chi connectivity index (χ1v) is 5.47. The van der Waals surface area contributed by atoms with E-state index in [1.807, 2.05) is 18.2 Å². The minimum Gasteiger partial charge on any atom is -0.337 e. The van der Waals surface area contributed by atoms with Gasteiger partial charge in [-0.3, -0.25) is 4.79 Å². The van der Waals surface area contributed by atoms with E-state index in [2.05, 4.69) is 14.9 Å². The summed E-state index contributed by atoms with van der Waals surface area (Å²) in [6, 6.07) is 5.57. The maximum atomic E-state index is 11.6. The summed E-state index contributed by atoms with van der Waals surface area (Å²) in [6.45, 7) is 1.11. The normalized spacial score (nSPS) is 20.4. The van der Waals surface area contributed by atoms with E-state index < -0.39 is 0 Å². The van der Waals surface area contributed by atoms with E-state index in [1.165, 1.54) is 0 Å². The zero-order chi connectivity index (χ0) is 11.8. The van der Waals surface area contributed by atoms with Crippen molar-refractivity contribution >= 4 is 16.9 Å². The summed E-state index contributed by atoms with van der Waals surface area (Å²) >= 11 is 0. The van der Waals surface area contributed by atoms with Crippen LogP contribution in [0.4, 0.5) is 0 Å². The van der Waals surface area contributed by atoms with E-state index >= 15 is 0 Å². The molecule has 1 atom stereocenters. The summed E-state index contributed by atoms with van der Waals surface area (Å²) in [6.07, 6.45) is 0.424. The van der Waals surface area contributed by atoms with Crippen LogP contribution in [0.5, 0.6) is 0 Å². The van der Waals surface area contributed by atoms with Crippen LogP contribution in [-0.2, 0) is 11.3 Å². The van der Waals surface area contributed by atoms with E-state index in [-0.39, 0.29) is 11.9 Å². The number of hydrogen-bond acceptors (Lipinski definition) is 5. The van der Waals surface area contributed by atoms with E-state index in [4.69, 9.17) is 5.73 Å². The predicted molar refractivity (Wildman–Crippen MR) is 59.8 cm³/mol. The molecule has 6 heteroatoms. The Morgan fingerprint density at radius 1 is 1.47 bits per heavy atom. The number of aromatic nitrogens is 2. The van der Waals surface area contributed by atoms with Gasteiger partial charge in [0.1, 0.15) is 11.0 Å². The van der Waals surface area contributed by atoms with Gasteiger partial charge in [0.2, 0.25) is 5.91 Å². The number of fused-ring (bicyclic) bond motifs is 1. The van der Waals surface area contributed by atoms with Crippen molar-refractivity contribution in [3.63, 3.8) is 0 Å². The van der Waals surface area contributed by atoms with Gasteiger partial charge in [0, 0.05) is 31.1 Å². The smallest absolute Gasteiger partial charge is 0.224 e. The van der Waals surface area contributed by atoms with Crippen LogP contribution in [0.3, 0.4) is 0 Å². The third-order valence-corrected chi connectivity index (χ3v) is 2.98. The van der Waals surface area contributed by atoms with Crippen LogP contribution in [-0.4, -0.2) is 33.7 Å². The Morgan fingerprint density at radius 3 is 3.12 bits per heavy atom. The molecule has 1 aromatic carbocycles. The topological polar surface area (TPSA) is 85.3 Å². The second-order valence-corrected chi connectivity index (χ2v) is 4.29. The Hall–Kier alpha value is -1.95.